The molecule has 28 heavy (non-hydrogen) atoms. The molecule has 0 aliphatic carbocycles. The Labute approximate surface area is 166 Å². The highest BCUT2D eigenvalue weighted by atomic mass is 16.4. The lowest BCUT2D eigenvalue weighted by Crippen LogP contribution is -2.37. The van der Waals surface area contributed by atoms with Crippen molar-refractivity contribution in [2.75, 3.05) is 18.9 Å². The second-order valence-corrected chi connectivity index (χ2v) is 8.67. The number of carboxylic acids is 1. The third kappa shape index (κ3) is 4.60. The van der Waals surface area contributed by atoms with Gasteiger partial charge in [-0.25, -0.2) is 0 Å². The number of carbonyl (C=O) groups is 2. The van der Waals surface area contributed by atoms with Crippen LogP contribution in [0.1, 0.15) is 48.9 Å². The molecule has 1 atom stereocenters. The first-order valence-corrected chi connectivity index (χ1v) is 9.57. The molecule has 2 aromatic rings. The third-order valence-corrected chi connectivity index (χ3v) is 5.21. The number of carboxylic acid groups (broad SMARTS) is 1. The van der Waals surface area contributed by atoms with Gasteiger partial charge in [0.25, 0.3) is 0 Å². The first-order chi connectivity index (χ1) is 13.1. The molecule has 1 unspecified atom stereocenters. The number of rotatable bonds is 4. The zero-order valence-electron chi connectivity index (χ0n) is 17.0. The first kappa shape index (κ1) is 20.1. The van der Waals surface area contributed by atoms with E-state index in [1.807, 2.05) is 7.05 Å². The number of hydrogen-bond acceptors (Lipinski definition) is 3. The van der Waals surface area contributed by atoms with Crippen molar-refractivity contribution in [2.24, 2.45) is 0 Å². The monoisotopic (exact) mass is 380 g/mol. The van der Waals surface area contributed by atoms with Crippen LogP contribution in [0, 0.1) is 0 Å². The van der Waals surface area contributed by atoms with Crippen molar-refractivity contribution >= 4 is 17.6 Å². The zero-order chi connectivity index (χ0) is 20.5. The standard InChI is InChI=1S/C23H28N2O3/c1-23(2,3)17-7-10-19-16(12-17)13-25(4)14-20(19)22(28)24-18-8-5-15(6-9-18)11-21(26)27/h5-10,12,20H,11,13-14H2,1-4H3,(H,24,28)(H,26,27). The minimum Gasteiger partial charge on any atom is -0.481 e. The SMILES string of the molecule is CN1Cc2cc(C(C)(C)C)ccc2C(C(=O)Nc2ccc(CC(=O)O)cc2)C1. The molecule has 2 N–H and O–H groups in total. The lowest BCUT2D eigenvalue weighted by Gasteiger charge is -2.33. The molecule has 5 heteroatoms. The molecule has 148 valence electrons. The molecule has 5 nitrogen and oxygen atoms in total. The molecule has 1 amide bonds. The summed E-state index contributed by atoms with van der Waals surface area (Å²) in [4.78, 5) is 26.0. The summed E-state index contributed by atoms with van der Waals surface area (Å²) < 4.78 is 0. The molecule has 2 aromatic carbocycles. The van der Waals surface area contributed by atoms with E-state index in [1.54, 1.807) is 24.3 Å². The molecule has 0 saturated heterocycles. The maximum absolute atomic E-state index is 13.0. The predicted octanol–water partition coefficient (Wildman–Crippen LogP) is 3.78. The molecular weight excluding hydrogens is 352 g/mol. The smallest absolute Gasteiger partial charge is 0.307 e. The van der Waals surface area contributed by atoms with Gasteiger partial charge in [-0.2, -0.15) is 0 Å². The van der Waals surface area contributed by atoms with Crippen LogP contribution >= 0.6 is 0 Å². The van der Waals surface area contributed by atoms with E-state index >= 15 is 0 Å². The van der Waals surface area contributed by atoms with Crippen molar-refractivity contribution in [1.82, 2.24) is 4.90 Å². The van der Waals surface area contributed by atoms with Crippen LogP contribution in [0.2, 0.25) is 0 Å². The molecule has 0 spiro atoms. The van der Waals surface area contributed by atoms with Gasteiger partial charge in [-0.1, -0.05) is 51.1 Å². The number of carbonyl (C=O) groups excluding carboxylic acids is 1. The second-order valence-electron chi connectivity index (χ2n) is 8.67. The Morgan fingerprint density at radius 3 is 2.43 bits per heavy atom. The molecular formula is C23H28N2O3. The molecule has 0 radical (unpaired) electrons. The zero-order valence-corrected chi connectivity index (χ0v) is 17.0. The van der Waals surface area contributed by atoms with Crippen LogP contribution in [-0.2, 0) is 28.0 Å². The summed E-state index contributed by atoms with van der Waals surface area (Å²) >= 11 is 0. The lowest BCUT2D eigenvalue weighted by molar-refractivity contribution is -0.136. The Hall–Kier alpha value is -2.66. The van der Waals surface area contributed by atoms with Crippen molar-refractivity contribution in [2.45, 2.75) is 45.1 Å². The Morgan fingerprint density at radius 2 is 1.82 bits per heavy atom. The van der Waals surface area contributed by atoms with Crippen LogP contribution < -0.4 is 5.32 Å². The van der Waals surface area contributed by atoms with Crippen LogP contribution in [0.25, 0.3) is 0 Å². The molecule has 0 fully saturated rings. The summed E-state index contributed by atoms with van der Waals surface area (Å²) in [6, 6.07) is 13.4. The number of nitrogens with one attached hydrogen (secondary N) is 1. The summed E-state index contributed by atoms with van der Waals surface area (Å²) in [5, 5.41) is 11.9. The van der Waals surface area contributed by atoms with Gasteiger partial charge < -0.3 is 15.3 Å². The van der Waals surface area contributed by atoms with Crippen LogP contribution in [0.3, 0.4) is 0 Å². The summed E-state index contributed by atoms with van der Waals surface area (Å²) in [7, 11) is 2.04. The van der Waals surface area contributed by atoms with Crippen molar-refractivity contribution in [3.05, 3.63) is 64.7 Å². The second kappa shape index (κ2) is 7.76. The van der Waals surface area contributed by atoms with Crippen molar-refractivity contribution < 1.29 is 14.7 Å². The van der Waals surface area contributed by atoms with Crippen LogP contribution in [0.4, 0.5) is 5.69 Å². The number of hydrogen-bond donors (Lipinski definition) is 2. The molecule has 3 rings (SSSR count). The molecule has 0 bridgehead atoms. The summed E-state index contributed by atoms with van der Waals surface area (Å²) in [6.45, 7) is 8.09. The first-order valence-electron chi connectivity index (χ1n) is 9.57. The number of amides is 1. The fraction of sp³-hybridized carbons (Fsp3) is 0.391. The highest BCUT2D eigenvalue weighted by molar-refractivity contribution is 5.96. The molecule has 0 saturated carbocycles. The highest BCUT2D eigenvalue weighted by Crippen LogP contribution is 2.32. The van der Waals surface area contributed by atoms with Gasteiger partial charge in [0.05, 0.1) is 12.3 Å². The summed E-state index contributed by atoms with van der Waals surface area (Å²) in [5.41, 5.74) is 5.03. The Balaban J connectivity index is 1.80. The number of anilines is 1. The van der Waals surface area contributed by atoms with E-state index in [2.05, 4.69) is 49.2 Å². The number of benzene rings is 2. The molecule has 0 aromatic heterocycles. The largest absolute Gasteiger partial charge is 0.481 e. The lowest BCUT2D eigenvalue weighted by atomic mass is 9.81. The van der Waals surface area contributed by atoms with E-state index in [-0.39, 0.29) is 23.7 Å². The van der Waals surface area contributed by atoms with Gasteiger partial charge in [-0.05, 0) is 46.8 Å². The van der Waals surface area contributed by atoms with E-state index in [0.29, 0.717) is 17.8 Å². The van der Waals surface area contributed by atoms with Crippen LogP contribution in [0.15, 0.2) is 42.5 Å². The average Bonchev–Trinajstić information content (AvgIpc) is 2.60. The van der Waals surface area contributed by atoms with Gasteiger partial charge in [-0.3, -0.25) is 9.59 Å². The van der Waals surface area contributed by atoms with Gasteiger partial charge in [0.1, 0.15) is 0 Å². The highest BCUT2D eigenvalue weighted by Gasteiger charge is 2.30. The predicted molar refractivity (Wildman–Crippen MR) is 111 cm³/mol. The Bertz CT molecular complexity index is 882. The van der Waals surface area contributed by atoms with Gasteiger partial charge in [0.15, 0.2) is 0 Å². The van der Waals surface area contributed by atoms with Crippen molar-refractivity contribution in [3.8, 4) is 0 Å². The van der Waals surface area contributed by atoms with Crippen molar-refractivity contribution in [3.63, 3.8) is 0 Å². The summed E-state index contributed by atoms with van der Waals surface area (Å²) in [6.07, 6.45) is -0.0227. The number of likely N-dealkylation sites (N-methyl/N-ethyl adjacent to an activating group) is 1. The van der Waals surface area contributed by atoms with Crippen LogP contribution in [0.5, 0.6) is 0 Å². The fourth-order valence-electron chi connectivity index (χ4n) is 3.65. The molecule has 1 heterocycles. The van der Waals surface area contributed by atoms with Gasteiger partial charge in [0, 0.05) is 18.8 Å². The minimum absolute atomic E-state index is 0.0227. The Morgan fingerprint density at radius 1 is 1.14 bits per heavy atom. The Kier molecular flexibility index (Phi) is 5.57. The number of aliphatic carboxylic acids is 1. The number of fused-ring (bicyclic) bond motifs is 1. The van der Waals surface area contributed by atoms with Crippen LogP contribution in [-0.4, -0.2) is 35.5 Å². The molecule has 1 aliphatic heterocycles. The van der Waals surface area contributed by atoms with E-state index in [0.717, 1.165) is 12.1 Å². The van der Waals surface area contributed by atoms with E-state index in [4.69, 9.17) is 5.11 Å². The fourth-order valence-corrected chi connectivity index (χ4v) is 3.65. The minimum atomic E-state index is -0.867. The van der Waals surface area contributed by atoms with E-state index in [1.165, 1.54) is 11.1 Å². The quantitative estimate of drug-likeness (QED) is 0.847. The normalized spacial score (nSPS) is 17.1. The van der Waals surface area contributed by atoms with Crippen molar-refractivity contribution in [1.29, 1.82) is 0 Å². The maximum Gasteiger partial charge on any atom is 0.307 e. The molecule has 1 aliphatic rings. The maximum atomic E-state index is 13.0. The summed E-state index contributed by atoms with van der Waals surface area (Å²) in [5.74, 6) is -1.14. The number of nitrogens with zero attached hydrogens (tertiary/aromatic N) is 1. The average molecular weight is 380 g/mol. The van der Waals surface area contributed by atoms with E-state index in [9.17, 15) is 9.59 Å². The third-order valence-electron chi connectivity index (χ3n) is 5.21. The van der Waals surface area contributed by atoms with Gasteiger partial charge in [0.2, 0.25) is 5.91 Å². The van der Waals surface area contributed by atoms with Gasteiger partial charge >= 0.3 is 5.97 Å². The van der Waals surface area contributed by atoms with Gasteiger partial charge in [-0.15, -0.1) is 0 Å². The van der Waals surface area contributed by atoms with E-state index < -0.39 is 5.97 Å². The topological polar surface area (TPSA) is 69.6 Å².